The lowest BCUT2D eigenvalue weighted by molar-refractivity contribution is -0.144. The Hall–Kier alpha value is -1.82. The Morgan fingerprint density at radius 3 is 2.68 bits per heavy atom. The molecule has 2 rings (SSSR count). The zero-order valence-corrected chi connectivity index (χ0v) is 10.9. The van der Waals surface area contributed by atoms with Gasteiger partial charge in [-0.3, -0.25) is 0 Å². The van der Waals surface area contributed by atoms with Crippen molar-refractivity contribution >= 4 is 29.3 Å². The highest BCUT2D eigenvalue weighted by Crippen LogP contribution is 2.36. The van der Waals surface area contributed by atoms with E-state index in [9.17, 15) is 14.0 Å². The first-order valence-electron chi connectivity index (χ1n) is 5.59. The SMILES string of the molecule is COC(=O)C1(NC(=O)Nc2cc(F)ccc2Cl)CC1. The van der Waals surface area contributed by atoms with Crippen molar-refractivity contribution in [1.82, 2.24) is 5.32 Å². The molecule has 2 N–H and O–H groups in total. The largest absolute Gasteiger partial charge is 0.467 e. The molecule has 0 spiro atoms. The average molecular weight is 287 g/mol. The fraction of sp³-hybridized carbons (Fsp3) is 0.333. The van der Waals surface area contributed by atoms with Gasteiger partial charge in [0.25, 0.3) is 0 Å². The van der Waals surface area contributed by atoms with Gasteiger partial charge in [-0.15, -0.1) is 0 Å². The van der Waals surface area contributed by atoms with Crippen LogP contribution in [0, 0.1) is 5.82 Å². The summed E-state index contributed by atoms with van der Waals surface area (Å²) in [5.41, 5.74) is -0.821. The zero-order chi connectivity index (χ0) is 14.0. The standard InChI is InChI=1S/C12H12ClFN2O3/c1-19-10(17)12(4-5-12)16-11(18)15-9-6-7(14)2-3-8(9)13/h2-3,6H,4-5H2,1H3,(H2,15,16,18). The van der Waals surface area contributed by atoms with Crippen LogP contribution in [-0.4, -0.2) is 24.6 Å². The highest BCUT2D eigenvalue weighted by molar-refractivity contribution is 6.33. The van der Waals surface area contributed by atoms with Gasteiger partial charge in [-0.25, -0.2) is 14.0 Å². The highest BCUT2D eigenvalue weighted by atomic mass is 35.5. The van der Waals surface area contributed by atoms with Crippen molar-refractivity contribution in [2.24, 2.45) is 0 Å². The molecule has 0 aromatic heterocycles. The molecule has 1 fully saturated rings. The van der Waals surface area contributed by atoms with Crippen LogP contribution in [0.1, 0.15) is 12.8 Å². The number of esters is 1. The number of rotatable bonds is 3. The van der Waals surface area contributed by atoms with Crippen LogP contribution in [-0.2, 0) is 9.53 Å². The van der Waals surface area contributed by atoms with E-state index in [-0.39, 0.29) is 10.7 Å². The number of ether oxygens (including phenoxy) is 1. The first kappa shape index (κ1) is 13.6. The first-order valence-corrected chi connectivity index (χ1v) is 5.97. The third kappa shape index (κ3) is 2.96. The van der Waals surface area contributed by atoms with Crippen LogP contribution in [0.15, 0.2) is 18.2 Å². The van der Waals surface area contributed by atoms with Gasteiger partial charge >= 0.3 is 12.0 Å². The van der Waals surface area contributed by atoms with Crippen molar-refractivity contribution in [3.05, 3.63) is 29.0 Å². The molecule has 1 aliphatic rings. The van der Waals surface area contributed by atoms with Crippen LogP contribution in [0.2, 0.25) is 5.02 Å². The molecule has 0 unspecified atom stereocenters. The van der Waals surface area contributed by atoms with Gasteiger partial charge in [0.1, 0.15) is 11.4 Å². The molecule has 1 aromatic rings. The molecule has 7 heteroatoms. The summed E-state index contributed by atoms with van der Waals surface area (Å²) in [6.07, 6.45) is 1.04. The second kappa shape index (κ2) is 5.05. The van der Waals surface area contributed by atoms with Crippen LogP contribution in [0.3, 0.4) is 0 Å². The minimum Gasteiger partial charge on any atom is -0.467 e. The van der Waals surface area contributed by atoms with Crippen molar-refractivity contribution in [3.63, 3.8) is 0 Å². The number of nitrogens with one attached hydrogen (secondary N) is 2. The fourth-order valence-corrected chi connectivity index (χ4v) is 1.83. The lowest BCUT2D eigenvalue weighted by Crippen LogP contribution is -2.45. The maximum atomic E-state index is 13.0. The Kier molecular flexibility index (Phi) is 3.61. The molecule has 0 atom stereocenters. The molecular weight excluding hydrogens is 275 g/mol. The van der Waals surface area contributed by atoms with Crippen LogP contribution in [0.25, 0.3) is 0 Å². The molecule has 0 radical (unpaired) electrons. The predicted molar refractivity (Wildman–Crippen MR) is 67.5 cm³/mol. The average Bonchev–Trinajstić information content (AvgIpc) is 3.13. The van der Waals surface area contributed by atoms with E-state index in [0.717, 1.165) is 6.07 Å². The number of anilines is 1. The van der Waals surface area contributed by atoms with Gasteiger partial charge in [0.05, 0.1) is 17.8 Å². The number of hydrogen-bond acceptors (Lipinski definition) is 3. The van der Waals surface area contributed by atoms with Crippen LogP contribution in [0.5, 0.6) is 0 Å². The van der Waals surface area contributed by atoms with E-state index in [1.807, 2.05) is 0 Å². The zero-order valence-electron chi connectivity index (χ0n) is 10.1. The van der Waals surface area contributed by atoms with Crippen molar-refractivity contribution in [2.45, 2.75) is 18.4 Å². The Bertz CT molecular complexity index is 532. The maximum absolute atomic E-state index is 13.0. The minimum absolute atomic E-state index is 0.139. The number of amides is 2. The van der Waals surface area contributed by atoms with Gasteiger partial charge in [0.15, 0.2) is 0 Å². The molecule has 1 aliphatic carbocycles. The number of benzene rings is 1. The quantitative estimate of drug-likeness (QED) is 0.838. The van der Waals surface area contributed by atoms with Gasteiger partial charge < -0.3 is 15.4 Å². The number of urea groups is 1. The maximum Gasteiger partial charge on any atom is 0.331 e. The molecule has 0 aliphatic heterocycles. The summed E-state index contributed by atoms with van der Waals surface area (Å²) < 4.78 is 17.6. The Morgan fingerprint density at radius 1 is 1.42 bits per heavy atom. The number of carbonyl (C=O) groups is 2. The Labute approximate surface area is 114 Å². The predicted octanol–water partition coefficient (Wildman–Crippen LogP) is 2.31. The highest BCUT2D eigenvalue weighted by Gasteiger charge is 2.52. The third-order valence-electron chi connectivity index (χ3n) is 2.86. The van der Waals surface area contributed by atoms with E-state index in [1.165, 1.54) is 19.2 Å². The van der Waals surface area contributed by atoms with E-state index >= 15 is 0 Å². The summed E-state index contributed by atoms with van der Waals surface area (Å²) in [5.74, 6) is -1.01. The molecule has 0 saturated heterocycles. The summed E-state index contributed by atoms with van der Waals surface area (Å²) in [6.45, 7) is 0. The summed E-state index contributed by atoms with van der Waals surface area (Å²) in [6, 6.07) is 2.98. The van der Waals surface area contributed by atoms with Gasteiger partial charge in [-0.2, -0.15) is 0 Å². The van der Waals surface area contributed by atoms with E-state index in [4.69, 9.17) is 11.6 Å². The normalized spacial score (nSPS) is 15.5. The molecule has 1 aromatic carbocycles. The molecule has 0 heterocycles. The van der Waals surface area contributed by atoms with E-state index < -0.39 is 23.4 Å². The molecule has 102 valence electrons. The molecular formula is C12H12ClFN2O3. The smallest absolute Gasteiger partial charge is 0.331 e. The fourth-order valence-electron chi connectivity index (χ4n) is 1.66. The van der Waals surface area contributed by atoms with Crippen molar-refractivity contribution in [3.8, 4) is 0 Å². The minimum atomic E-state index is -0.960. The third-order valence-corrected chi connectivity index (χ3v) is 3.19. The monoisotopic (exact) mass is 286 g/mol. The van der Waals surface area contributed by atoms with Gasteiger partial charge in [-0.05, 0) is 31.0 Å². The number of halogens is 2. The lowest BCUT2D eigenvalue weighted by atomic mass is 10.3. The van der Waals surface area contributed by atoms with Gasteiger partial charge in [-0.1, -0.05) is 11.6 Å². The van der Waals surface area contributed by atoms with Crippen molar-refractivity contribution < 1.29 is 18.7 Å². The summed E-state index contributed by atoms with van der Waals surface area (Å²) >= 11 is 5.82. The summed E-state index contributed by atoms with van der Waals surface area (Å²) in [7, 11) is 1.26. The van der Waals surface area contributed by atoms with Gasteiger partial charge in [0.2, 0.25) is 0 Å². The molecule has 19 heavy (non-hydrogen) atoms. The van der Waals surface area contributed by atoms with Crippen molar-refractivity contribution in [1.29, 1.82) is 0 Å². The topological polar surface area (TPSA) is 67.4 Å². The summed E-state index contributed by atoms with van der Waals surface area (Å²) in [5, 5.41) is 5.11. The number of methoxy groups -OCH3 is 1. The van der Waals surface area contributed by atoms with Crippen LogP contribution in [0.4, 0.5) is 14.9 Å². The first-order chi connectivity index (χ1) is 8.97. The lowest BCUT2D eigenvalue weighted by Gasteiger charge is -2.15. The van der Waals surface area contributed by atoms with Crippen LogP contribution >= 0.6 is 11.6 Å². The number of hydrogen-bond donors (Lipinski definition) is 2. The second-order valence-electron chi connectivity index (χ2n) is 4.28. The molecule has 1 saturated carbocycles. The van der Waals surface area contributed by atoms with Crippen molar-refractivity contribution in [2.75, 3.05) is 12.4 Å². The second-order valence-corrected chi connectivity index (χ2v) is 4.68. The Balaban J connectivity index is 2.02. The molecule has 0 bridgehead atoms. The Morgan fingerprint density at radius 2 is 2.11 bits per heavy atom. The summed E-state index contributed by atoms with van der Waals surface area (Å²) in [4.78, 5) is 23.2. The molecule has 2 amide bonds. The van der Waals surface area contributed by atoms with Gasteiger partial charge in [0, 0.05) is 0 Å². The van der Waals surface area contributed by atoms with E-state index in [0.29, 0.717) is 12.8 Å². The van der Waals surface area contributed by atoms with Crippen LogP contribution < -0.4 is 10.6 Å². The molecule has 5 nitrogen and oxygen atoms in total. The van der Waals surface area contributed by atoms with E-state index in [1.54, 1.807) is 0 Å². The van der Waals surface area contributed by atoms with E-state index in [2.05, 4.69) is 15.4 Å². The number of carbonyl (C=O) groups excluding carboxylic acids is 2.